The van der Waals surface area contributed by atoms with Crippen LogP contribution in [0.3, 0.4) is 0 Å². The Kier molecular flexibility index (Phi) is 5.92. The van der Waals surface area contributed by atoms with Gasteiger partial charge in [-0.1, -0.05) is 0 Å². The first kappa shape index (κ1) is 22.1. The van der Waals surface area contributed by atoms with Gasteiger partial charge in [-0.25, -0.2) is 4.98 Å². The fourth-order valence-electron chi connectivity index (χ4n) is 3.50. The number of aromatic nitrogens is 2. The lowest BCUT2D eigenvalue weighted by molar-refractivity contribution is -0.138. The van der Waals surface area contributed by atoms with Crippen LogP contribution in [-0.4, -0.2) is 70.9 Å². The van der Waals surface area contributed by atoms with Crippen molar-refractivity contribution < 1.29 is 22.8 Å². The van der Waals surface area contributed by atoms with E-state index in [1.54, 1.807) is 42.9 Å². The number of amides is 2. The second-order valence-corrected chi connectivity index (χ2v) is 7.46. The molecule has 1 saturated heterocycles. The first-order chi connectivity index (χ1) is 14.5. The topological polar surface area (TPSA) is 85.5 Å². The van der Waals surface area contributed by atoms with Crippen molar-refractivity contribution in [3.63, 3.8) is 0 Å². The van der Waals surface area contributed by atoms with E-state index in [2.05, 4.69) is 4.98 Å². The predicted octanol–water partition coefficient (Wildman–Crippen LogP) is 1.73. The third-order valence-electron chi connectivity index (χ3n) is 5.09. The van der Waals surface area contributed by atoms with Gasteiger partial charge in [-0.05, 0) is 18.2 Å². The standard InChI is InChI=1S/C20H21F3N6O2/c1-26(2)19(31)17-11-28(6-7-29(17)18(30)16-10-27(3)12-25-16)14-5-4-13(9-24)15(8-14)20(21,22)23/h4-5,8,10,12,17H,6-7,11H2,1-3H3. The fraction of sp³-hybridized carbons (Fsp3) is 0.400. The largest absolute Gasteiger partial charge is 0.417 e. The molecule has 2 aromatic rings. The molecule has 0 saturated carbocycles. The molecule has 0 aliphatic carbocycles. The minimum absolute atomic E-state index is 0.0127. The maximum absolute atomic E-state index is 13.4. The summed E-state index contributed by atoms with van der Waals surface area (Å²) < 4.78 is 41.7. The molecule has 0 bridgehead atoms. The summed E-state index contributed by atoms with van der Waals surface area (Å²) in [6.45, 7) is 0.360. The molecule has 1 aliphatic heterocycles. The smallest absolute Gasteiger partial charge is 0.367 e. The van der Waals surface area contributed by atoms with E-state index in [1.807, 2.05) is 0 Å². The van der Waals surface area contributed by atoms with Crippen LogP contribution in [0.25, 0.3) is 0 Å². The molecule has 8 nitrogen and oxygen atoms in total. The van der Waals surface area contributed by atoms with Gasteiger partial charge in [-0.15, -0.1) is 0 Å². The van der Waals surface area contributed by atoms with Gasteiger partial charge in [0.05, 0.1) is 23.5 Å². The van der Waals surface area contributed by atoms with E-state index in [-0.39, 0.29) is 36.9 Å². The minimum atomic E-state index is -4.68. The zero-order chi connectivity index (χ0) is 22.9. The van der Waals surface area contributed by atoms with Crippen LogP contribution in [-0.2, 0) is 18.0 Å². The average molecular weight is 434 g/mol. The number of imidazole rings is 1. The van der Waals surface area contributed by atoms with Gasteiger partial charge in [-0.3, -0.25) is 9.59 Å². The Morgan fingerprint density at radius 2 is 1.97 bits per heavy atom. The van der Waals surface area contributed by atoms with Crippen molar-refractivity contribution in [2.24, 2.45) is 7.05 Å². The average Bonchev–Trinajstić information content (AvgIpc) is 3.17. The fourth-order valence-corrected chi connectivity index (χ4v) is 3.50. The number of nitriles is 1. The highest BCUT2D eigenvalue weighted by Crippen LogP contribution is 2.35. The summed E-state index contributed by atoms with van der Waals surface area (Å²) in [5.41, 5.74) is -1.09. The second kappa shape index (κ2) is 8.29. The number of likely N-dealkylation sites (N-methyl/N-ethyl adjacent to an activating group) is 1. The number of carbonyl (C=O) groups excluding carboxylic acids is 2. The lowest BCUT2D eigenvalue weighted by Gasteiger charge is -2.42. The summed E-state index contributed by atoms with van der Waals surface area (Å²) >= 11 is 0. The van der Waals surface area contributed by atoms with E-state index in [1.165, 1.54) is 22.2 Å². The van der Waals surface area contributed by atoms with Crippen LogP contribution in [0.15, 0.2) is 30.7 Å². The zero-order valence-electron chi connectivity index (χ0n) is 17.2. The third kappa shape index (κ3) is 4.47. The number of aryl methyl sites for hydroxylation is 1. The number of hydrogen-bond acceptors (Lipinski definition) is 5. The summed E-state index contributed by atoms with van der Waals surface area (Å²) in [7, 11) is 4.82. The van der Waals surface area contributed by atoms with Crippen molar-refractivity contribution in [2.75, 3.05) is 38.6 Å². The molecule has 1 atom stereocenters. The number of hydrogen-bond donors (Lipinski definition) is 0. The second-order valence-electron chi connectivity index (χ2n) is 7.46. The van der Waals surface area contributed by atoms with Crippen molar-refractivity contribution in [1.29, 1.82) is 5.26 Å². The van der Waals surface area contributed by atoms with Crippen LogP contribution in [0.5, 0.6) is 0 Å². The SMILES string of the molecule is CN(C)C(=O)C1CN(c2ccc(C#N)c(C(F)(F)F)c2)CCN1C(=O)c1cn(C)cn1. The molecule has 1 aromatic heterocycles. The Labute approximate surface area is 177 Å². The van der Waals surface area contributed by atoms with Gasteiger partial charge < -0.3 is 19.3 Å². The summed E-state index contributed by atoms with van der Waals surface area (Å²) in [4.78, 5) is 34.1. The highest BCUT2D eigenvalue weighted by molar-refractivity contribution is 5.96. The molecular formula is C20H21F3N6O2. The summed E-state index contributed by atoms with van der Waals surface area (Å²) in [5, 5.41) is 9.00. The first-order valence-electron chi connectivity index (χ1n) is 9.39. The Hall–Kier alpha value is -3.55. The highest BCUT2D eigenvalue weighted by Gasteiger charge is 2.39. The van der Waals surface area contributed by atoms with Crippen LogP contribution in [0.1, 0.15) is 21.6 Å². The molecule has 0 N–H and O–H groups in total. The number of rotatable bonds is 3. The van der Waals surface area contributed by atoms with Crippen molar-refractivity contribution >= 4 is 17.5 Å². The van der Waals surface area contributed by atoms with E-state index >= 15 is 0 Å². The minimum Gasteiger partial charge on any atom is -0.367 e. The molecule has 11 heteroatoms. The van der Waals surface area contributed by atoms with Crippen molar-refractivity contribution in [1.82, 2.24) is 19.4 Å². The van der Waals surface area contributed by atoms with E-state index in [9.17, 15) is 22.8 Å². The number of carbonyl (C=O) groups is 2. The molecule has 1 aromatic carbocycles. The Morgan fingerprint density at radius 1 is 1.26 bits per heavy atom. The van der Waals surface area contributed by atoms with Crippen LogP contribution < -0.4 is 4.90 Å². The monoisotopic (exact) mass is 434 g/mol. The molecule has 1 aliphatic rings. The van der Waals surface area contributed by atoms with Crippen molar-refractivity contribution in [2.45, 2.75) is 12.2 Å². The number of benzene rings is 1. The van der Waals surface area contributed by atoms with Crippen LogP contribution in [0.2, 0.25) is 0 Å². The summed E-state index contributed by atoms with van der Waals surface area (Å²) in [6.07, 6.45) is -1.67. The van der Waals surface area contributed by atoms with E-state index in [0.29, 0.717) is 0 Å². The Bertz CT molecular complexity index is 1040. The van der Waals surface area contributed by atoms with Crippen LogP contribution >= 0.6 is 0 Å². The van der Waals surface area contributed by atoms with Gasteiger partial charge in [-0.2, -0.15) is 18.4 Å². The van der Waals surface area contributed by atoms with Crippen molar-refractivity contribution in [3.05, 3.63) is 47.5 Å². The quantitative estimate of drug-likeness (QED) is 0.735. The molecular weight excluding hydrogens is 413 g/mol. The van der Waals surface area contributed by atoms with E-state index in [4.69, 9.17) is 5.26 Å². The van der Waals surface area contributed by atoms with Gasteiger partial charge in [0.1, 0.15) is 11.7 Å². The molecule has 31 heavy (non-hydrogen) atoms. The third-order valence-corrected chi connectivity index (χ3v) is 5.09. The normalized spacial score (nSPS) is 16.7. The number of alkyl halides is 3. The number of nitrogens with zero attached hydrogens (tertiary/aromatic N) is 6. The number of anilines is 1. The maximum atomic E-state index is 13.4. The van der Waals surface area contributed by atoms with Gasteiger partial charge in [0.25, 0.3) is 5.91 Å². The molecule has 2 heterocycles. The summed E-state index contributed by atoms with van der Waals surface area (Å²) in [5.74, 6) is -0.769. The van der Waals surface area contributed by atoms with Gasteiger partial charge >= 0.3 is 6.18 Å². The zero-order valence-corrected chi connectivity index (χ0v) is 17.2. The Balaban J connectivity index is 1.92. The van der Waals surface area contributed by atoms with Crippen LogP contribution in [0, 0.1) is 11.3 Å². The van der Waals surface area contributed by atoms with Crippen LogP contribution in [0.4, 0.5) is 18.9 Å². The van der Waals surface area contributed by atoms with E-state index in [0.717, 1.165) is 12.1 Å². The van der Waals surface area contributed by atoms with E-state index < -0.39 is 29.3 Å². The van der Waals surface area contributed by atoms with Gasteiger partial charge in [0, 0.05) is 52.7 Å². The summed E-state index contributed by atoms with van der Waals surface area (Å²) in [6, 6.07) is 4.10. The molecule has 2 amide bonds. The molecule has 3 rings (SSSR count). The molecule has 0 spiro atoms. The molecule has 1 fully saturated rings. The lowest BCUT2D eigenvalue weighted by atomic mass is 10.0. The molecule has 1 unspecified atom stereocenters. The number of halogens is 3. The molecule has 0 radical (unpaired) electrons. The maximum Gasteiger partial charge on any atom is 0.417 e. The first-order valence-corrected chi connectivity index (χ1v) is 9.39. The van der Waals surface area contributed by atoms with Gasteiger partial charge in [0.2, 0.25) is 5.91 Å². The predicted molar refractivity (Wildman–Crippen MR) is 105 cm³/mol. The highest BCUT2D eigenvalue weighted by atomic mass is 19.4. The van der Waals surface area contributed by atoms with Gasteiger partial charge in [0.15, 0.2) is 0 Å². The lowest BCUT2D eigenvalue weighted by Crippen LogP contribution is -2.60. The molecule has 164 valence electrons. The number of piperazine rings is 1. The Morgan fingerprint density at radius 3 is 2.52 bits per heavy atom. The van der Waals surface area contributed by atoms with Crippen molar-refractivity contribution in [3.8, 4) is 6.07 Å².